The van der Waals surface area contributed by atoms with Crippen LogP contribution in [-0.4, -0.2) is 60.8 Å². The molecule has 7 heteroatoms. The van der Waals surface area contributed by atoms with Crippen LogP contribution in [-0.2, 0) is 25.8 Å². The molecule has 0 radical (unpaired) electrons. The maximum Gasteiger partial charge on any atom is 0.254 e. The van der Waals surface area contributed by atoms with Crippen molar-refractivity contribution in [3.05, 3.63) is 35.4 Å². The number of sulfone groups is 1. The summed E-state index contributed by atoms with van der Waals surface area (Å²) in [5, 5.41) is 0. The Morgan fingerprint density at radius 1 is 1.03 bits per heavy atom. The third-order valence-electron chi connectivity index (χ3n) is 6.95. The van der Waals surface area contributed by atoms with Crippen LogP contribution in [0, 0.1) is 11.8 Å². The van der Waals surface area contributed by atoms with E-state index in [2.05, 4.69) is 0 Å². The van der Waals surface area contributed by atoms with Crippen molar-refractivity contribution in [3.8, 4) is 0 Å². The molecule has 1 saturated heterocycles. The molecule has 1 aliphatic heterocycles. The first-order valence-electron chi connectivity index (χ1n) is 12.1. The maximum absolute atomic E-state index is 13.0. The van der Waals surface area contributed by atoms with Crippen molar-refractivity contribution >= 4 is 21.5 Å². The number of amides is 1. The van der Waals surface area contributed by atoms with Crippen LogP contribution in [0.5, 0.6) is 0 Å². The van der Waals surface area contributed by atoms with Gasteiger partial charge in [-0.25, -0.2) is 8.42 Å². The maximum atomic E-state index is 13.0. The quantitative estimate of drug-likeness (QED) is 0.617. The normalized spacial score (nSPS) is 26.8. The molecule has 3 rings (SSSR count). The van der Waals surface area contributed by atoms with Gasteiger partial charge in [-0.3, -0.25) is 9.59 Å². The number of Topliss-reactive ketones (excluding diaryl/α,β-unsaturated/α-hetero) is 1. The second-order valence-electron chi connectivity index (χ2n) is 10.9. The zero-order valence-corrected chi connectivity index (χ0v) is 21.5. The van der Waals surface area contributed by atoms with Crippen molar-refractivity contribution in [2.24, 2.45) is 11.8 Å². The lowest BCUT2D eigenvalue weighted by molar-refractivity contribution is -0.123. The van der Waals surface area contributed by atoms with Gasteiger partial charge in [0, 0.05) is 31.0 Å². The Balaban J connectivity index is 1.56. The van der Waals surface area contributed by atoms with Crippen LogP contribution in [0.4, 0.5) is 0 Å². The predicted molar refractivity (Wildman–Crippen MR) is 130 cm³/mol. The van der Waals surface area contributed by atoms with Crippen LogP contribution in [0.2, 0.25) is 0 Å². The summed E-state index contributed by atoms with van der Waals surface area (Å²) in [6, 6.07) is 7.40. The van der Waals surface area contributed by atoms with Crippen molar-refractivity contribution in [2.45, 2.75) is 83.7 Å². The molecule has 1 heterocycles. The first-order chi connectivity index (χ1) is 15.4. The topological polar surface area (TPSA) is 80.8 Å². The monoisotopic (exact) mass is 477 g/mol. The summed E-state index contributed by atoms with van der Waals surface area (Å²) in [6.07, 6.45) is 3.37. The highest BCUT2D eigenvalue weighted by Crippen LogP contribution is 2.33. The van der Waals surface area contributed by atoms with Crippen molar-refractivity contribution in [2.75, 3.05) is 18.8 Å². The Labute approximate surface area is 199 Å². The largest absolute Gasteiger partial charge is 0.372 e. The van der Waals surface area contributed by atoms with Gasteiger partial charge in [0.1, 0.15) is 5.78 Å². The lowest BCUT2D eigenvalue weighted by atomic mass is 9.79. The molecule has 1 amide bonds. The molecule has 1 aromatic rings. The number of rotatable bonds is 6. The van der Waals surface area contributed by atoms with Gasteiger partial charge in [0.15, 0.2) is 9.84 Å². The minimum atomic E-state index is -3.14. The fourth-order valence-corrected chi connectivity index (χ4v) is 6.35. The number of carbonyl (C=O) groups excluding carboxylic acids is 2. The molecule has 0 spiro atoms. The highest BCUT2D eigenvalue weighted by Gasteiger charge is 2.34. The summed E-state index contributed by atoms with van der Waals surface area (Å²) < 4.78 is 30.0. The van der Waals surface area contributed by atoms with Crippen molar-refractivity contribution in [1.29, 1.82) is 0 Å². The van der Waals surface area contributed by atoms with Crippen molar-refractivity contribution in [3.63, 3.8) is 0 Å². The third-order valence-corrected chi connectivity index (χ3v) is 9.73. The second-order valence-corrected chi connectivity index (χ2v) is 13.7. The summed E-state index contributed by atoms with van der Waals surface area (Å²) >= 11 is 0. The van der Waals surface area contributed by atoms with Crippen LogP contribution in [0.3, 0.4) is 0 Å². The molecule has 1 aliphatic carbocycles. The smallest absolute Gasteiger partial charge is 0.254 e. The van der Waals surface area contributed by atoms with Crippen molar-refractivity contribution < 1.29 is 22.7 Å². The molecule has 184 valence electrons. The van der Waals surface area contributed by atoms with Gasteiger partial charge in [0.25, 0.3) is 5.91 Å². The van der Waals surface area contributed by atoms with Crippen LogP contribution >= 0.6 is 0 Å². The summed E-state index contributed by atoms with van der Waals surface area (Å²) in [6.45, 7) is 10.3. The molecule has 1 saturated carbocycles. The first kappa shape index (κ1) is 25.9. The van der Waals surface area contributed by atoms with Gasteiger partial charge in [0.05, 0.1) is 22.7 Å². The molecule has 2 atom stereocenters. The van der Waals surface area contributed by atoms with Crippen molar-refractivity contribution in [1.82, 2.24) is 4.90 Å². The molecular weight excluding hydrogens is 438 g/mol. The zero-order valence-electron chi connectivity index (χ0n) is 20.7. The average molecular weight is 478 g/mol. The molecular formula is C26H39NO5S. The van der Waals surface area contributed by atoms with E-state index in [-0.39, 0.29) is 41.5 Å². The lowest BCUT2D eigenvalue weighted by Gasteiger charge is -2.35. The van der Waals surface area contributed by atoms with Gasteiger partial charge in [0.2, 0.25) is 0 Å². The molecule has 1 aromatic carbocycles. The SMILES string of the molecule is C[C@@H]1CN(C(=O)c2cccc(CC(=O)C3CCC(CS(=O)(=O)C(C)(C)C)CC3)c2)C[C@H](C)O1. The van der Waals surface area contributed by atoms with E-state index in [0.717, 1.165) is 31.2 Å². The van der Waals surface area contributed by atoms with Gasteiger partial charge in [-0.15, -0.1) is 0 Å². The molecule has 0 N–H and O–H groups in total. The third kappa shape index (κ3) is 6.66. The number of ketones is 1. The Hall–Kier alpha value is -1.73. The lowest BCUT2D eigenvalue weighted by Crippen LogP contribution is -2.48. The Morgan fingerprint density at radius 3 is 2.21 bits per heavy atom. The highest BCUT2D eigenvalue weighted by atomic mass is 32.2. The summed E-state index contributed by atoms with van der Waals surface area (Å²) in [5.41, 5.74) is 1.47. The highest BCUT2D eigenvalue weighted by molar-refractivity contribution is 7.92. The molecule has 0 bridgehead atoms. The second kappa shape index (κ2) is 10.3. The Kier molecular flexibility index (Phi) is 8.05. The van der Waals surface area contributed by atoms with Crippen LogP contribution in [0.1, 0.15) is 76.2 Å². The van der Waals surface area contributed by atoms with E-state index in [9.17, 15) is 18.0 Å². The standard InChI is InChI=1S/C26H39NO5S/c1-18-15-27(16-19(2)32-18)25(29)23-8-6-7-21(13-23)14-24(28)22-11-9-20(10-12-22)17-33(30,31)26(3,4)5/h6-8,13,18-20,22H,9-12,14-17H2,1-5H3/t18-,19+,20?,22?. The number of benzene rings is 1. The fraction of sp³-hybridized carbons (Fsp3) is 0.692. The molecule has 2 fully saturated rings. The summed E-state index contributed by atoms with van der Waals surface area (Å²) in [5.74, 6) is 0.481. The van der Waals surface area contributed by atoms with Crippen LogP contribution in [0.15, 0.2) is 24.3 Å². The van der Waals surface area contributed by atoms with E-state index < -0.39 is 14.6 Å². The Bertz CT molecular complexity index is 947. The Morgan fingerprint density at radius 2 is 1.64 bits per heavy atom. The number of carbonyl (C=O) groups is 2. The van der Waals surface area contributed by atoms with E-state index in [1.54, 1.807) is 20.8 Å². The van der Waals surface area contributed by atoms with E-state index in [0.29, 0.717) is 25.1 Å². The molecule has 33 heavy (non-hydrogen) atoms. The minimum Gasteiger partial charge on any atom is -0.372 e. The van der Waals surface area contributed by atoms with Crippen LogP contribution in [0.25, 0.3) is 0 Å². The van der Waals surface area contributed by atoms with E-state index in [1.165, 1.54) is 0 Å². The number of ether oxygens (including phenoxy) is 1. The number of hydrogen-bond donors (Lipinski definition) is 0. The average Bonchev–Trinajstić information content (AvgIpc) is 2.72. The van der Waals surface area contributed by atoms with Crippen LogP contribution < -0.4 is 0 Å². The minimum absolute atomic E-state index is 0.0102. The summed E-state index contributed by atoms with van der Waals surface area (Å²) in [7, 11) is -3.14. The van der Waals surface area contributed by atoms with Gasteiger partial charge in [-0.1, -0.05) is 12.1 Å². The zero-order chi connectivity index (χ0) is 24.4. The molecule has 6 nitrogen and oxygen atoms in total. The molecule has 2 aliphatic rings. The first-order valence-corrected chi connectivity index (χ1v) is 13.8. The molecule has 0 unspecified atom stereocenters. The summed E-state index contributed by atoms with van der Waals surface area (Å²) in [4.78, 5) is 27.8. The molecule has 0 aromatic heterocycles. The van der Waals surface area contributed by atoms with E-state index >= 15 is 0 Å². The number of morpholine rings is 1. The van der Waals surface area contributed by atoms with E-state index in [4.69, 9.17) is 4.74 Å². The number of nitrogens with zero attached hydrogens (tertiary/aromatic N) is 1. The van der Waals surface area contributed by atoms with Gasteiger partial charge in [-0.2, -0.15) is 0 Å². The fourth-order valence-electron chi connectivity index (χ4n) is 4.90. The van der Waals surface area contributed by atoms with Gasteiger partial charge >= 0.3 is 0 Å². The van der Waals surface area contributed by atoms with Gasteiger partial charge < -0.3 is 9.64 Å². The predicted octanol–water partition coefficient (Wildman–Crippen LogP) is 4.07. The van der Waals surface area contributed by atoms with Gasteiger partial charge in [-0.05, 0) is 83.9 Å². The number of hydrogen-bond acceptors (Lipinski definition) is 5. The van der Waals surface area contributed by atoms with E-state index in [1.807, 2.05) is 43.0 Å².